The number of amides is 1. The summed E-state index contributed by atoms with van der Waals surface area (Å²) in [6.07, 6.45) is 2.03. The maximum Gasteiger partial charge on any atom is 0.227 e. The molecule has 67 valence electrons. The summed E-state index contributed by atoms with van der Waals surface area (Å²) < 4.78 is 0. The predicted octanol–water partition coefficient (Wildman–Crippen LogP) is 2.49. The van der Waals surface area contributed by atoms with Crippen LogP contribution in [-0.4, -0.2) is 5.91 Å². The van der Waals surface area contributed by atoms with Crippen molar-refractivity contribution >= 4 is 23.2 Å². The van der Waals surface area contributed by atoms with Crippen LogP contribution in [-0.2, 0) is 4.79 Å². The van der Waals surface area contributed by atoms with E-state index >= 15 is 0 Å². The molecule has 13 heavy (non-hydrogen) atoms. The Labute approximate surface area is 81.9 Å². The number of anilines is 1. The van der Waals surface area contributed by atoms with E-state index in [0.29, 0.717) is 5.02 Å². The average molecular weight is 195 g/mol. The lowest BCUT2D eigenvalue weighted by molar-refractivity contribution is -0.117. The lowest BCUT2D eigenvalue weighted by Gasteiger charge is -2.02. The van der Waals surface area contributed by atoms with E-state index in [4.69, 9.17) is 11.6 Å². The summed E-state index contributed by atoms with van der Waals surface area (Å²) in [5.74, 6) is 0.339. The second kappa shape index (κ2) is 3.38. The van der Waals surface area contributed by atoms with E-state index in [9.17, 15) is 4.79 Å². The number of hydrogen-bond acceptors (Lipinski definition) is 1. The Balaban J connectivity index is 2.00. The van der Waals surface area contributed by atoms with Gasteiger partial charge < -0.3 is 5.32 Å². The van der Waals surface area contributed by atoms with Gasteiger partial charge in [0.25, 0.3) is 0 Å². The molecule has 0 unspecified atom stereocenters. The normalized spacial score (nSPS) is 15.5. The first-order valence-corrected chi connectivity index (χ1v) is 4.61. The SMILES string of the molecule is O=C(Nc1c[c]c(Cl)cc1)C1CC1. The van der Waals surface area contributed by atoms with E-state index in [1.54, 1.807) is 18.2 Å². The van der Waals surface area contributed by atoms with E-state index in [1.807, 2.05) is 0 Å². The monoisotopic (exact) mass is 194 g/mol. The summed E-state index contributed by atoms with van der Waals surface area (Å²) in [5, 5.41) is 3.36. The Bertz CT molecular complexity index is 316. The van der Waals surface area contributed by atoms with E-state index in [2.05, 4.69) is 11.4 Å². The molecule has 0 saturated heterocycles. The van der Waals surface area contributed by atoms with Gasteiger partial charge in [-0.3, -0.25) is 4.79 Å². The standard InChI is InChI=1S/C10H9ClNO/c11-8-3-5-9(6-4-8)12-10(13)7-1-2-7/h3,5-7H,1-2H2,(H,12,13). The number of rotatable bonds is 2. The Kier molecular flexibility index (Phi) is 2.23. The summed E-state index contributed by atoms with van der Waals surface area (Å²) in [7, 11) is 0. The maximum atomic E-state index is 11.3. The van der Waals surface area contributed by atoms with Gasteiger partial charge in [-0.05, 0) is 31.0 Å². The fourth-order valence-corrected chi connectivity index (χ4v) is 1.19. The molecule has 1 aromatic rings. The third-order valence-corrected chi connectivity index (χ3v) is 2.23. The van der Waals surface area contributed by atoms with Crippen molar-refractivity contribution in [3.63, 3.8) is 0 Å². The summed E-state index contributed by atoms with van der Waals surface area (Å²) in [5.41, 5.74) is 0.765. The minimum absolute atomic E-state index is 0.107. The van der Waals surface area contributed by atoms with Crippen molar-refractivity contribution in [1.29, 1.82) is 0 Å². The molecule has 1 aliphatic rings. The number of hydrogen-bond donors (Lipinski definition) is 1. The van der Waals surface area contributed by atoms with Crippen molar-refractivity contribution in [2.24, 2.45) is 5.92 Å². The molecule has 1 amide bonds. The predicted molar refractivity (Wildman–Crippen MR) is 51.6 cm³/mol. The van der Waals surface area contributed by atoms with Gasteiger partial charge in [0, 0.05) is 22.7 Å². The topological polar surface area (TPSA) is 29.1 Å². The number of benzene rings is 1. The van der Waals surface area contributed by atoms with Crippen LogP contribution in [0.5, 0.6) is 0 Å². The zero-order chi connectivity index (χ0) is 9.26. The first-order valence-electron chi connectivity index (χ1n) is 4.24. The Morgan fingerprint density at radius 3 is 2.85 bits per heavy atom. The van der Waals surface area contributed by atoms with Crippen molar-refractivity contribution in [2.45, 2.75) is 12.8 Å². The molecule has 0 spiro atoms. The minimum atomic E-state index is 0.107. The van der Waals surface area contributed by atoms with Gasteiger partial charge in [-0.1, -0.05) is 11.6 Å². The summed E-state index contributed by atoms with van der Waals surface area (Å²) in [4.78, 5) is 11.3. The van der Waals surface area contributed by atoms with Gasteiger partial charge in [-0.15, -0.1) is 0 Å². The first kappa shape index (κ1) is 8.57. The summed E-state index contributed by atoms with van der Waals surface area (Å²) in [6, 6.07) is 7.99. The van der Waals surface area contributed by atoms with Gasteiger partial charge in [-0.25, -0.2) is 0 Å². The number of carbonyl (C=O) groups excluding carboxylic acids is 1. The number of halogens is 1. The van der Waals surface area contributed by atoms with Gasteiger partial charge in [0.05, 0.1) is 0 Å². The van der Waals surface area contributed by atoms with Crippen LogP contribution in [0.15, 0.2) is 18.2 Å². The lowest BCUT2D eigenvalue weighted by Crippen LogP contribution is -2.12. The Morgan fingerprint density at radius 1 is 1.54 bits per heavy atom. The van der Waals surface area contributed by atoms with E-state index < -0.39 is 0 Å². The van der Waals surface area contributed by atoms with E-state index in [1.165, 1.54) is 0 Å². The molecule has 1 radical (unpaired) electrons. The molecular weight excluding hydrogens is 186 g/mol. The van der Waals surface area contributed by atoms with Gasteiger partial charge in [-0.2, -0.15) is 0 Å². The molecular formula is C10H9ClNO. The third kappa shape index (κ3) is 2.22. The molecule has 1 aliphatic carbocycles. The highest BCUT2D eigenvalue weighted by Gasteiger charge is 2.29. The van der Waals surface area contributed by atoms with Crippen molar-refractivity contribution in [3.8, 4) is 0 Å². The summed E-state index contributed by atoms with van der Waals surface area (Å²) in [6.45, 7) is 0. The van der Waals surface area contributed by atoms with Crippen LogP contribution >= 0.6 is 11.6 Å². The van der Waals surface area contributed by atoms with Gasteiger partial charge in [0.2, 0.25) is 5.91 Å². The van der Waals surface area contributed by atoms with Crippen molar-refractivity contribution < 1.29 is 4.79 Å². The number of carbonyl (C=O) groups is 1. The van der Waals surface area contributed by atoms with Crippen molar-refractivity contribution in [2.75, 3.05) is 5.32 Å². The highest BCUT2D eigenvalue weighted by Crippen LogP contribution is 2.30. The maximum absolute atomic E-state index is 11.3. The number of nitrogens with one attached hydrogen (secondary N) is 1. The molecule has 1 N–H and O–H groups in total. The highest BCUT2D eigenvalue weighted by molar-refractivity contribution is 6.30. The quantitative estimate of drug-likeness (QED) is 0.770. The van der Waals surface area contributed by atoms with Crippen LogP contribution in [0.1, 0.15) is 12.8 Å². The van der Waals surface area contributed by atoms with Gasteiger partial charge in [0.1, 0.15) is 0 Å². The Hall–Kier alpha value is -1.02. The molecule has 2 nitrogen and oxygen atoms in total. The van der Waals surface area contributed by atoms with E-state index in [-0.39, 0.29) is 11.8 Å². The lowest BCUT2D eigenvalue weighted by atomic mass is 10.3. The fraction of sp³-hybridized carbons (Fsp3) is 0.300. The Morgan fingerprint density at radius 2 is 2.31 bits per heavy atom. The summed E-state index contributed by atoms with van der Waals surface area (Å²) >= 11 is 5.65. The van der Waals surface area contributed by atoms with Crippen LogP contribution in [0.4, 0.5) is 5.69 Å². The molecule has 0 aromatic heterocycles. The van der Waals surface area contributed by atoms with Crippen LogP contribution in [0.2, 0.25) is 5.02 Å². The molecule has 3 heteroatoms. The van der Waals surface area contributed by atoms with Crippen LogP contribution in [0, 0.1) is 12.0 Å². The molecule has 2 rings (SSSR count). The van der Waals surface area contributed by atoms with E-state index in [0.717, 1.165) is 18.5 Å². The molecule has 0 bridgehead atoms. The largest absolute Gasteiger partial charge is 0.326 e. The van der Waals surface area contributed by atoms with Crippen LogP contribution in [0.3, 0.4) is 0 Å². The van der Waals surface area contributed by atoms with Gasteiger partial charge in [0.15, 0.2) is 0 Å². The van der Waals surface area contributed by atoms with Crippen LogP contribution in [0.25, 0.3) is 0 Å². The molecule has 1 aromatic carbocycles. The fourth-order valence-electron chi connectivity index (χ4n) is 1.07. The zero-order valence-electron chi connectivity index (χ0n) is 7.01. The zero-order valence-corrected chi connectivity index (χ0v) is 7.77. The third-order valence-electron chi connectivity index (χ3n) is 1.99. The first-order chi connectivity index (χ1) is 6.25. The molecule has 1 fully saturated rings. The van der Waals surface area contributed by atoms with Crippen LogP contribution < -0.4 is 5.32 Å². The van der Waals surface area contributed by atoms with Crippen molar-refractivity contribution in [3.05, 3.63) is 29.3 Å². The molecule has 0 aliphatic heterocycles. The highest BCUT2D eigenvalue weighted by atomic mass is 35.5. The minimum Gasteiger partial charge on any atom is -0.326 e. The van der Waals surface area contributed by atoms with Crippen molar-refractivity contribution in [1.82, 2.24) is 0 Å². The molecule has 0 atom stereocenters. The second-order valence-electron chi connectivity index (χ2n) is 3.19. The molecule has 1 saturated carbocycles. The average Bonchev–Trinajstić information content (AvgIpc) is 2.91. The second-order valence-corrected chi connectivity index (χ2v) is 3.60. The molecule has 0 heterocycles. The smallest absolute Gasteiger partial charge is 0.227 e. The van der Waals surface area contributed by atoms with Gasteiger partial charge >= 0.3 is 0 Å².